The second-order valence-corrected chi connectivity index (χ2v) is 3.89. The van der Waals surface area contributed by atoms with E-state index >= 15 is 0 Å². The van der Waals surface area contributed by atoms with Gasteiger partial charge in [0, 0.05) is 12.8 Å². The lowest BCUT2D eigenvalue weighted by Gasteiger charge is -2.11. The van der Waals surface area contributed by atoms with Crippen LogP contribution in [0.2, 0.25) is 0 Å². The number of benzene rings is 1. The van der Waals surface area contributed by atoms with Gasteiger partial charge in [0.1, 0.15) is 6.04 Å². The number of hydrogen-bond donors (Lipinski definition) is 3. The van der Waals surface area contributed by atoms with Gasteiger partial charge in [-0.2, -0.15) is 0 Å². The number of ether oxygens (including phenoxy) is 1. The first-order valence-electron chi connectivity index (χ1n) is 5.45. The first kappa shape index (κ1) is 14.1. The van der Waals surface area contributed by atoms with Gasteiger partial charge in [0.15, 0.2) is 0 Å². The van der Waals surface area contributed by atoms with Crippen LogP contribution in [0, 0.1) is 0 Å². The number of primary amides is 1. The van der Waals surface area contributed by atoms with Gasteiger partial charge in [0.05, 0.1) is 13.0 Å². The number of methoxy groups -OCH3 is 1. The van der Waals surface area contributed by atoms with Gasteiger partial charge in [-0.1, -0.05) is 12.1 Å². The molecule has 6 nitrogen and oxygen atoms in total. The molecule has 98 valence electrons. The van der Waals surface area contributed by atoms with Gasteiger partial charge >= 0.3 is 0 Å². The van der Waals surface area contributed by atoms with Gasteiger partial charge in [-0.15, -0.1) is 0 Å². The molecule has 1 rings (SSSR count). The summed E-state index contributed by atoms with van der Waals surface area (Å²) in [7, 11) is 1.48. The molecule has 1 aromatic rings. The van der Waals surface area contributed by atoms with Gasteiger partial charge in [-0.05, 0) is 17.7 Å². The Morgan fingerprint density at radius 1 is 1.33 bits per heavy atom. The van der Waals surface area contributed by atoms with Crippen LogP contribution in [0.15, 0.2) is 24.3 Å². The average molecular weight is 251 g/mol. The number of carbonyl (C=O) groups is 2. The number of nitrogens with one attached hydrogen (secondary N) is 1. The average Bonchev–Trinajstić information content (AvgIpc) is 2.31. The number of rotatable bonds is 6. The van der Waals surface area contributed by atoms with E-state index in [1.807, 2.05) is 0 Å². The third kappa shape index (κ3) is 4.52. The number of amides is 2. The molecule has 0 aliphatic carbocycles. The minimum absolute atomic E-state index is 0.158. The van der Waals surface area contributed by atoms with E-state index in [0.29, 0.717) is 5.69 Å². The van der Waals surface area contributed by atoms with Crippen LogP contribution >= 0.6 is 0 Å². The first-order valence-corrected chi connectivity index (χ1v) is 5.45. The smallest absolute Gasteiger partial charge is 0.243 e. The van der Waals surface area contributed by atoms with Crippen LogP contribution in [0.4, 0.5) is 5.69 Å². The maximum Gasteiger partial charge on any atom is 0.243 e. The molecule has 0 saturated heterocycles. The van der Waals surface area contributed by atoms with Crippen LogP contribution in [-0.2, 0) is 20.7 Å². The fraction of sp³-hybridized carbons (Fsp3) is 0.333. The third-order valence-corrected chi connectivity index (χ3v) is 2.28. The molecule has 18 heavy (non-hydrogen) atoms. The van der Waals surface area contributed by atoms with Crippen LogP contribution < -0.4 is 16.8 Å². The van der Waals surface area contributed by atoms with E-state index in [-0.39, 0.29) is 18.9 Å². The largest absolute Gasteiger partial charge is 0.383 e. The molecular formula is C12H17N3O3. The lowest BCUT2D eigenvalue weighted by Crippen LogP contribution is -2.39. The van der Waals surface area contributed by atoms with E-state index in [4.69, 9.17) is 16.2 Å². The van der Waals surface area contributed by atoms with Crippen LogP contribution in [0.1, 0.15) is 5.56 Å². The second-order valence-electron chi connectivity index (χ2n) is 3.89. The molecule has 1 atom stereocenters. The highest BCUT2D eigenvalue weighted by Crippen LogP contribution is 2.10. The zero-order valence-corrected chi connectivity index (χ0v) is 10.2. The maximum absolute atomic E-state index is 11.6. The van der Waals surface area contributed by atoms with Crippen molar-refractivity contribution in [2.24, 2.45) is 11.5 Å². The number of nitrogens with two attached hydrogens (primary N) is 2. The Morgan fingerprint density at radius 3 is 2.44 bits per heavy atom. The van der Waals surface area contributed by atoms with Crippen LogP contribution in [0.5, 0.6) is 0 Å². The van der Waals surface area contributed by atoms with Crippen molar-refractivity contribution < 1.29 is 14.3 Å². The van der Waals surface area contributed by atoms with Crippen LogP contribution in [0.25, 0.3) is 0 Å². The molecular weight excluding hydrogens is 234 g/mol. The van der Waals surface area contributed by atoms with Gasteiger partial charge in [-0.25, -0.2) is 0 Å². The molecule has 6 heteroatoms. The van der Waals surface area contributed by atoms with Crippen LogP contribution in [0.3, 0.4) is 0 Å². The van der Waals surface area contributed by atoms with E-state index in [9.17, 15) is 9.59 Å². The molecule has 5 N–H and O–H groups in total. The Bertz CT molecular complexity index is 417. The Hall–Kier alpha value is -1.92. The Kier molecular flexibility index (Phi) is 5.29. The van der Waals surface area contributed by atoms with E-state index < -0.39 is 11.9 Å². The second kappa shape index (κ2) is 6.73. The molecule has 0 aliphatic heterocycles. The Balaban J connectivity index is 2.58. The summed E-state index contributed by atoms with van der Waals surface area (Å²) in [5.41, 5.74) is 12.1. The normalized spacial score (nSPS) is 11.9. The summed E-state index contributed by atoms with van der Waals surface area (Å²) < 4.78 is 4.79. The molecule has 0 radical (unpaired) electrons. The number of hydrogen-bond acceptors (Lipinski definition) is 4. The van der Waals surface area contributed by atoms with E-state index in [2.05, 4.69) is 5.32 Å². The fourth-order valence-corrected chi connectivity index (χ4v) is 1.40. The minimum atomic E-state index is -0.708. The molecule has 0 fully saturated rings. The molecule has 0 saturated carbocycles. The zero-order valence-electron chi connectivity index (χ0n) is 10.2. The summed E-state index contributed by atoms with van der Waals surface area (Å²) in [6, 6.07) is 6.12. The van der Waals surface area contributed by atoms with Crippen molar-refractivity contribution in [2.75, 3.05) is 19.0 Å². The SMILES string of the molecule is COCC(N)C(=O)Nc1ccc(CC(N)=O)cc1. The van der Waals surface area contributed by atoms with E-state index in [1.54, 1.807) is 24.3 Å². The highest BCUT2D eigenvalue weighted by Gasteiger charge is 2.12. The standard InChI is InChI=1S/C12H17N3O3/c1-18-7-10(13)12(17)15-9-4-2-8(3-5-9)6-11(14)16/h2-5,10H,6-7,13H2,1H3,(H2,14,16)(H,15,17). The van der Waals surface area contributed by atoms with Crippen molar-refractivity contribution in [2.45, 2.75) is 12.5 Å². The molecule has 0 aromatic heterocycles. The maximum atomic E-state index is 11.6. The third-order valence-electron chi connectivity index (χ3n) is 2.28. The predicted molar refractivity (Wildman–Crippen MR) is 67.8 cm³/mol. The summed E-state index contributed by atoms with van der Waals surface area (Å²) >= 11 is 0. The lowest BCUT2D eigenvalue weighted by molar-refractivity contribution is -0.118. The van der Waals surface area contributed by atoms with Gasteiger partial charge in [0.25, 0.3) is 0 Å². The van der Waals surface area contributed by atoms with Crippen LogP contribution in [-0.4, -0.2) is 31.6 Å². The molecule has 0 spiro atoms. The first-order chi connectivity index (χ1) is 8.52. The van der Waals surface area contributed by atoms with Gasteiger partial charge in [-0.3, -0.25) is 9.59 Å². The van der Waals surface area contributed by atoms with E-state index in [0.717, 1.165) is 5.56 Å². The quantitative estimate of drug-likeness (QED) is 0.641. The van der Waals surface area contributed by atoms with Crippen molar-refractivity contribution in [1.29, 1.82) is 0 Å². The van der Waals surface area contributed by atoms with Crippen molar-refractivity contribution >= 4 is 17.5 Å². The van der Waals surface area contributed by atoms with Crippen molar-refractivity contribution in [3.05, 3.63) is 29.8 Å². The minimum Gasteiger partial charge on any atom is -0.383 e. The number of anilines is 1. The highest BCUT2D eigenvalue weighted by molar-refractivity contribution is 5.94. The summed E-state index contributed by atoms with van der Waals surface area (Å²) in [4.78, 5) is 22.3. The summed E-state index contributed by atoms with van der Waals surface area (Å²) in [5.74, 6) is -0.714. The van der Waals surface area contributed by atoms with Gasteiger partial charge in [0.2, 0.25) is 11.8 Å². The monoisotopic (exact) mass is 251 g/mol. The molecule has 2 amide bonds. The summed E-state index contributed by atoms with van der Waals surface area (Å²) in [6.07, 6.45) is 0.178. The molecule has 0 bridgehead atoms. The highest BCUT2D eigenvalue weighted by atomic mass is 16.5. The summed E-state index contributed by atoms with van der Waals surface area (Å²) in [5, 5.41) is 2.65. The molecule has 1 unspecified atom stereocenters. The Morgan fingerprint density at radius 2 is 1.94 bits per heavy atom. The summed E-state index contributed by atoms with van der Waals surface area (Å²) in [6.45, 7) is 0.158. The topological polar surface area (TPSA) is 107 Å². The fourth-order valence-electron chi connectivity index (χ4n) is 1.40. The van der Waals surface area contributed by atoms with E-state index in [1.165, 1.54) is 7.11 Å². The number of carbonyl (C=O) groups excluding carboxylic acids is 2. The van der Waals surface area contributed by atoms with Crippen molar-refractivity contribution in [1.82, 2.24) is 0 Å². The van der Waals surface area contributed by atoms with Gasteiger partial charge < -0.3 is 21.5 Å². The predicted octanol–water partition coefficient (Wildman–Crippen LogP) is -0.373. The van der Waals surface area contributed by atoms with Crippen molar-refractivity contribution in [3.8, 4) is 0 Å². The van der Waals surface area contributed by atoms with Crippen molar-refractivity contribution in [3.63, 3.8) is 0 Å². The molecule has 0 heterocycles. The molecule has 0 aliphatic rings. The zero-order chi connectivity index (χ0) is 13.5. The Labute approximate surface area is 105 Å². The molecule has 1 aromatic carbocycles. The lowest BCUT2D eigenvalue weighted by atomic mass is 10.1.